The van der Waals surface area contributed by atoms with Crippen LogP contribution in [0.3, 0.4) is 0 Å². The van der Waals surface area contributed by atoms with Crippen molar-refractivity contribution in [1.82, 2.24) is 25.9 Å². The van der Waals surface area contributed by atoms with Crippen molar-refractivity contribution in [1.29, 1.82) is 0 Å². The smallest absolute Gasteiger partial charge is 0.272 e. The van der Waals surface area contributed by atoms with Crippen LogP contribution in [0.5, 0.6) is 0 Å². The molecule has 102 valence electrons. The maximum Gasteiger partial charge on any atom is 0.272 e. The number of β-lactam (4-membered cyclic amide) rings is 1. The maximum absolute atomic E-state index is 12.9. The van der Waals surface area contributed by atoms with Gasteiger partial charge in [-0.3, -0.25) is 14.5 Å². The van der Waals surface area contributed by atoms with Crippen molar-refractivity contribution in [3.63, 3.8) is 0 Å². The van der Waals surface area contributed by atoms with Crippen molar-refractivity contribution in [2.24, 2.45) is 5.16 Å². The monoisotopic (exact) mass is 271 g/mol. The Bertz CT molecular complexity index is 491. The second-order valence-electron chi connectivity index (χ2n) is 3.55. The van der Waals surface area contributed by atoms with Crippen LogP contribution in [-0.2, 0) is 14.4 Å². The molecule has 1 aliphatic rings. The third kappa shape index (κ3) is 2.34. The second-order valence-corrected chi connectivity index (χ2v) is 3.55. The highest BCUT2D eigenvalue weighted by Crippen LogP contribution is 2.24. The maximum atomic E-state index is 12.9. The SMILES string of the molecule is CON=CC(=O)NC1C(=O)N(c2nn[nH]n2)C1CF. The third-order valence-corrected chi connectivity index (χ3v) is 2.50. The molecule has 0 aromatic carbocycles. The molecule has 0 saturated carbocycles. The Hall–Kier alpha value is -2.59. The van der Waals surface area contributed by atoms with Gasteiger partial charge in [0, 0.05) is 0 Å². The van der Waals surface area contributed by atoms with Gasteiger partial charge in [-0.15, -0.1) is 5.10 Å². The lowest BCUT2D eigenvalue weighted by Crippen LogP contribution is -2.72. The fraction of sp³-hybridized carbons (Fsp3) is 0.500. The lowest BCUT2D eigenvalue weighted by molar-refractivity contribution is -0.131. The Kier molecular flexibility index (Phi) is 3.63. The number of nitrogens with zero attached hydrogens (tertiary/aromatic N) is 5. The zero-order valence-electron chi connectivity index (χ0n) is 9.78. The minimum Gasteiger partial charge on any atom is -0.399 e. The minimum atomic E-state index is -0.987. The van der Waals surface area contributed by atoms with Crippen molar-refractivity contribution in [3.05, 3.63) is 0 Å². The van der Waals surface area contributed by atoms with Gasteiger partial charge in [0.15, 0.2) is 0 Å². The Labute approximate surface area is 106 Å². The number of oxime groups is 1. The highest BCUT2D eigenvalue weighted by molar-refractivity contribution is 6.27. The number of aromatic amines is 1. The van der Waals surface area contributed by atoms with Crippen LogP contribution in [-0.4, -0.2) is 64.5 Å². The van der Waals surface area contributed by atoms with E-state index in [0.29, 0.717) is 0 Å². The molecular weight excluding hydrogens is 261 g/mol. The number of aromatic nitrogens is 4. The summed E-state index contributed by atoms with van der Waals surface area (Å²) >= 11 is 0. The molecule has 1 fully saturated rings. The van der Waals surface area contributed by atoms with Crippen LogP contribution in [0.25, 0.3) is 0 Å². The molecule has 0 spiro atoms. The van der Waals surface area contributed by atoms with E-state index in [0.717, 1.165) is 11.1 Å². The average molecular weight is 271 g/mol. The third-order valence-electron chi connectivity index (χ3n) is 2.50. The predicted molar refractivity (Wildman–Crippen MR) is 58.9 cm³/mol. The van der Waals surface area contributed by atoms with E-state index >= 15 is 0 Å². The molecule has 10 nitrogen and oxygen atoms in total. The van der Waals surface area contributed by atoms with Crippen LogP contribution in [0.15, 0.2) is 5.16 Å². The van der Waals surface area contributed by atoms with Crippen molar-refractivity contribution >= 4 is 24.0 Å². The number of hydrogen-bond donors (Lipinski definition) is 2. The van der Waals surface area contributed by atoms with Gasteiger partial charge in [-0.1, -0.05) is 10.3 Å². The van der Waals surface area contributed by atoms with Gasteiger partial charge in [0.25, 0.3) is 17.8 Å². The van der Waals surface area contributed by atoms with Crippen molar-refractivity contribution < 1.29 is 18.8 Å². The van der Waals surface area contributed by atoms with Gasteiger partial charge in [0.2, 0.25) is 0 Å². The first-order valence-electron chi connectivity index (χ1n) is 5.18. The number of carbonyl (C=O) groups is 2. The van der Waals surface area contributed by atoms with Crippen LogP contribution in [0, 0.1) is 0 Å². The molecule has 0 aliphatic carbocycles. The number of H-pyrrole nitrogens is 1. The Morgan fingerprint density at radius 1 is 1.74 bits per heavy atom. The van der Waals surface area contributed by atoms with Crippen molar-refractivity contribution in [3.8, 4) is 0 Å². The van der Waals surface area contributed by atoms with E-state index in [2.05, 4.69) is 35.9 Å². The van der Waals surface area contributed by atoms with E-state index in [-0.39, 0.29) is 5.95 Å². The summed E-state index contributed by atoms with van der Waals surface area (Å²) in [6.45, 7) is -0.855. The van der Waals surface area contributed by atoms with Gasteiger partial charge in [-0.25, -0.2) is 4.39 Å². The van der Waals surface area contributed by atoms with Crippen LogP contribution in [0.2, 0.25) is 0 Å². The van der Waals surface area contributed by atoms with Crippen LogP contribution < -0.4 is 10.2 Å². The quantitative estimate of drug-likeness (QED) is 0.362. The molecule has 19 heavy (non-hydrogen) atoms. The van der Waals surface area contributed by atoms with Gasteiger partial charge < -0.3 is 10.2 Å². The average Bonchev–Trinajstić information content (AvgIpc) is 2.92. The molecule has 0 bridgehead atoms. The number of hydrogen-bond acceptors (Lipinski definition) is 7. The van der Waals surface area contributed by atoms with Crippen LogP contribution in [0.4, 0.5) is 10.3 Å². The molecular formula is C8H10FN7O3. The number of carbonyl (C=O) groups excluding carboxylic acids is 2. The predicted octanol–water partition coefficient (Wildman–Crippen LogP) is -2.00. The lowest BCUT2D eigenvalue weighted by Gasteiger charge is -2.43. The zero-order valence-corrected chi connectivity index (χ0v) is 9.78. The van der Waals surface area contributed by atoms with Gasteiger partial charge in [0.1, 0.15) is 26.0 Å². The van der Waals surface area contributed by atoms with E-state index in [4.69, 9.17) is 0 Å². The molecule has 11 heteroatoms. The molecule has 2 unspecified atom stereocenters. The lowest BCUT2D eigenvalue weighted by atomic mass is 9.96. The fourth-order valence-corrected chi connectivity index (χ4v) is 1.66. The van der Waals surface area contributed by atoms with Gasteiger partial charge in [-0.2, -0.15) is 5.21 Å². The number of nitrogens with one attached hydrogen (secondary N) is 2. The van der Waals surface area contributed by atoms with Gasteiger partial charge in [-0.05, 0) is 5.21 Å². The fourth-order valence-electron chi connectivity index (χ4n) is 1.66. The molecule has 1 aromatic rings. The Morgan fingerprint density at radius 3 is 3.11 bits per heavy atom. The molecule has 2 amide bonds. The number of tetrazole rings is 1. The van der Waals surface area contributed by atoms with E-state index in [1.807, 2.05) is 0 Å². The van der Waals surface area contributed by atoms with Crippen LogP contribution in [0.1, 0.15) is 0 Å². The Balaban J connectivity index is 2.02. The Morgan fingerprint density at radius 2 is 2.53 bits per heavy atom. The van der Waals surface area contributed by atoms with Crippen molar-refractivity contribution in [2.75, 3.05) is 18.7 Å². The molecule has 2 N–H and O–H groups in total. The minimum absolute atomic E-state index is 0.0382. The second kappa shape index (κ2) is 5.37. The summed E-state index contributed by atoms with van der Waals surface area (Å²) in [7, 11) is 1.26. The summed E-state index contributed by atoms with van der Waals surface area (Å²) in [5, 5.41) is 18.1. The van der Waals surface area contributed by atoms with E-state index in [1.165, 1.54) is 7.11 Å². The molecule has 1 aliphatic heterocycles. The van der Waals surface area contributed by atoms with Crippen LogP contribution >= 0.6 is 0 Å². The summed E-state index contributed by atoms with van der Waals surface area (Å²) in [6, 6.07) is -1.86. The molecule has 2 atom stereocenters. The molecule has 1 saturated heterocycles. The number of anilines is 1. The number of alkyl halides is 1. The number of halogens is 1. The molecule has 2 rings (SSSR count). The molecule has 1 aromatic heterocycles. The summed E-state index contributed by atoms with van der Waals surface area (Å²) in [5.74, 6) is -1.22. The molecule has 0 radical (unpaired) electrons. The zero-order chi connectivity index (χ0) is 13.8. The first kappa shape index (κ1) is 12.9. The van der Waals surface area contributed by atoms with E-state index in [1.54, 1.807) is 0 Å². The molecule has 2 heterocycles. The largest absolute Gasteiger partial charge is 0.399 e. The van der Waals surface area contributed by atoms with Gasteiger partial charge >= 0.3 is 0 Å². The van der Waals surface area contributed by atoms with E-state index in [9.17, 15) is 14.0 Å². The standard InChI is InChI=1S/C8H10FN7O3/c1-19-10-3-5(17)11-6-4(2-9)16(7(6)18)8-12-14-15-13-8/h3-4,6H,2H2,1H3,(H,11,17)(H,12,13,14,15). The van der Waals surface area contributed by atoms with Gasteiger partial charge in [0.05, 0.1) is 6.04 Å². The highest BCUT2D eigenvalue weighted by atomic mass is 19.1. The highest BCUT2D eigenvalue weighted by Gasteiger charge is 2.50. The summed E-state index contributed by atoms with van der Waals surface area (Å²) in [5.41, 5.74) is 0. The first-order valence-corrected chi connectivity index (χ1v) is 5.18. The first-order chi connectivity index (χ1) is 9.19. The summed E-state index contributed by atoms with van der Waals surface area (Å²) in [6.07, 6.45) is 0.847. The summed E-state index contributed by atoms with van der Waals surface area (Å²) < 4.78 is 12.9. The topological polar surface area (TPSA) is 125 Å². The number of rotatable bonds is 5. The normalized spacial score (nSPS) is 22.4. The number of amides is 2. The van der Waals surface area contributed by atoms with E-state index < -0.39 is 30.6 Å². The van der Waals surface area contributed by atoms with Crippen molar-refractivity contribution in [2.45, 2.75) is 12.1 Å². The summed E-state index contributed by atoms with van der Waals surface area (Å²) in [4.78, 5) is 28.4.